The average molecular weight is 380 g/mol. The number of anilines is 1. The van der Waals surface area contributed by atoms with Gasteiger partial charge in [0.1, 0.15) is 5.82 Å². The van der Waals surface area contributed by atoms with Crippen molar-refractivity contribution in [2.75, 3.05) is 24.5 Å². The highest BCUT2D eigenvalue weighted by Crippen LogP contribution is 2.38. The van der Waals surface area contributed by atoms with Crippen LogP contribution in [0.25, 0.3) is 0 Å². The monoisotopic (exact) mass is 379 g/mol. The summed E-state index contributed by atoms with van der Waals surface area (Å²) in [5, 5.41) is 3.66. The predicted molar refractivity (Wildman–Crippen MR) is 110 cm³/mol. The molecular weight excluding hydrogens is 350 g/mol. The Kier molecular flexibility index (Phi) is 4.98. The van der Waals surface area contributed by atoms with E-state index in [2.05, 4.69) is 50.3 Å². The van der Waals surface area contributed by atoms with Gasteiger partial charge in [-0.2, -0.15) is 0 Å². The fourth-order valence-corrected chi connectivity index (χ4v) is 4.82. The molecule has 3 fully saturated rings. The molecule has 28 heavy (non-hydrogen) atoms. The van der Waals surface area contributed by atoms with Crippen molar-refractivity contribution in [3.05, 3.63) is 54.0 Å². The number of hydrazine groups is 1. The average Bonchev–Trinajstić information content (AvgIpc) is 3.18. The minimum atomic E-state index is 0.221. The van der Waals surface area contributed by atoms with Gasteiger partial charge >= 0.3 is 0 Å². The summed E-state index contributed by atoms with van der Waals surface area (Å²) in [7, 11) is 0. The molecule has 2 aromatic rings. The molecule has 0 spiro atoms. The van der Waals surface area contributed by atoms with E-state index in [0.717, 1.165) is 50.4 Å². The van der Waals surface area contributed by atoms with Crippen molar-refractivity contribution in [3.8, 4) is 0 Å². The van der Waals surface area contributed by atoms with Gasteiger partial charge < -0.3 is 16.0 Å². The Morgan fingerprint density at radius 2 is 1.96 bits per heavy atom. The van der Waals surface area contributed by atoms with Crippen molar-refractivity contribution in [1.29, 1.82) is 0 Å². The van der Waals surface area contributed by atoms with Crippen molar-refractivity contribution in [2.45, 2.75) is 43.4 Å². The second kappa shape index (κ2) is 7.75. The highest BCUT2D eigenvalue weighted by Gasteiger charge is 2.42. The molecule has 5 N–H and O–H groups in total. The minimum Gasteiger partial charge on any atom is -0.356 e. The highest BCUT2D eigenvalue weighted by atomic mass is 15.4. The molecule has 5 heterocycles. The van der Waals surface area contributed by atoms with Gasteiger partial charge in [0.2, 0.25) is 0 Å². The quantitative estimate of drug-likeness (QED) is 0.638. The molecule has 3 saturated heterocycles. The number of hydrogen-bond donors (Lipinski definition) is 4. The van der Waals surface area contributed by atoms with Crippen molar-refractivity contribution >= 4 is 5.82 Å². The molecule has 148 valence electrons. The Labute approximate surface area is 166 Å². The van der Waals surface area contributed by atoms with Gasteiger partial charge in [0.05, 0.1) is 11.7 Å². The van der Waals surface area contributed by atoms with Crippen LogP contribution >= 0.6 is 0 Å². The number of nitrogens with zero attached hydrogens (tertiary/aromatic N) is 3. The minimum absolute atomic E-state index is 0.221. The van der Waals surface area contributed by atoms with Gasteiger partial charge in [0.25, 0.3) is 0 Å². The second-order valence-corrected chi connectivity index (χ2v) is 8.26. The summed E-state index contributed by atoms with van der Waals surface area (Å²) < 4.78 is 0. The van der Waals surface area contributed by atoms with Gasteiger partial charge in [-0.05, 0) is 43.0 Å². The molecule has 0 radical (unpaired) electrons. The molecule has 0 aromatic carbocycles. The van der Waals surface area contributed by atoms with E-state index in [1.165, 1.54) is 5.56 Å². The van der Waals surface area contributed by atoms with Crippen LogP contribution in [0.2, 0.25) is 0 Å². The van der Waals surface area contributed by atoms with Gasteiger partial charge in [-0.3, -0.25) is 10.4 Å². The van der Waals surface area contributed by atoms with E-state index in [9.17, 15) is 0 Å². The normalized spacial score (nSPS) is 31.0. The molecule has 4 unspecified atom stereocenters. The first-order chi connectivity index (χ1) is 13.8. The van der Waals surface area contributed by atoms with Gasteiger partial charge in [-0.1, -0.05) is 12.1 Å². The lowest BCUT2D eigenvalue weighted by Crippen LogP contribution is -2.46. The van der Waals surface area contributed by atoms with Gasteiger partial charge in [-0.25, -0.2) is 10.4 Å². The third-order valence-electron chi connectivity index (χ3n) is 6.49. The van der Waals surface area contributed by atoms with E-state index < -0.39 is 0 Å². The summed E-state index contributed by atoms with van der Waals surface area (Å²) in [4.78, 5) is 11.7. The summed E-state index contributed by atoms with van der Waals surface area (Å²) in [6.45, 7) is 2.93. The maximum Gasteiger partial charge on any atom is 0.128 e. The van der Waals surface area contributed by atoms with E-state index in [1.54, 1.807) is 0 Å². The lowest BCUT2D eigenvalue weighted by atomic mass is 9.81. The number of piperidine rings is 2. The van der Waals surface area contributed by atoms with Crippen LogP contribution in [0.3, 0.4) is 0 Å². The SMILES string of the molecule is NC1CCN(c2cccc(C3NNC4CNC(c5cccnc5)CC43)n2)CC1. The van der Waals surface area contributed by atoms with E-state index in [1.807, 2.05) is 18.5 Å². The molecule has 0 aliphatic carbocycles. The van der Waals surface area contributed by atoms with Crippen LogP contribution in [0, 0.1) is 5.92 Å². The third kappa shape index (κ3) is 3.51. The number of nitrogens with two attached hydrogens (primary N) is 1. The topological polar surface area (TPSA) is 91.1 Å². The second-order valence-electron chi connectivity index (χ2n) is 8.26. The Morgan fingerprint density at radius 3 is 2.79 bits per heavy atom. The lowest BCUT2D eigenvalue weighted by molar-refractivity contribution is 0.265. The zero-order chi connectivity index (χ0) is 18.9. The van der Waals surface area contributed by atoms with Crippen LogP contribution < -0.4 is 26.8 Å². The molecule has 3 aliphatic rings. The summed E-state index contributed by atoms with van der Waals surface area (Å²) in [5.74, 6) is 1.57. The Balaban J connectivity index is 1.34. The van der Waals surface area contributed by atoms with Gasteiger partial charge in [-0.15, -0.1) is 0 Å². The Hall–Kier alpha value is -2.06. The first kappa shape index (κ1) is 18.0. The van der Waals surface area contributed by atoms with Crippen LogP contribution in [0.4, 0.5) is 5.82 Å². The molecule has 0 saturated carbocycles. The maximum atomic E-state index is 6.06. The number of aromatic nitrogens is 2. The number of hydrogen-bond acceptors (Lipinski definition) is 7. The number of nitrogens with one attached hydrogen (secondary N) is 3. The predicted octanol–water partition coefficient (Wildman–Crippen LogP) is 1.27. The first-order valence-electron chi connectivity index (χ1n) is 10.4. The standard InChI is InChI=1S/C21H29N7/c22-15-6-9-28(10-7-15)20-5-1-4-17(25-20)21-16-11-18(14-3-2-8-23-12-14)24-13-19(16)26-27-21/h1-5,8,12,15-16,18-19,21,24,26-27H,6-7,9-11,13,22H2. The third-order valence-corrected chi connectivity index (χ3v) is 6.49. The molecule has 2 aromatic heterocycles. The molecule has 0 amide bonds. The zero-order valence-corrected chi connectivity index (χ0v) is 16.1. The van der Waals surface area contributed by atoms with Crippen LogP contribution in [0.5, 0.6) is 0 Å². The van der Waals surface area contributed by atoms with E-state index in [-0.39, 0.29) is 6.04 Å². The maximum absolute atomic E-state index is 6.06. The van der Waals surface area contributed by atoms with Crippen molar-refractivity contribution in [1.82, 2.24) is 26.1 Å². The smallest absolute Gasteiger partial charge is 0.128 e. The van der Waals surface area contributed by atoms with Crippen LogP contribution in [-0.2, 0) is 0 Å². The number of rotatable bonds is 3. The molecule has 7 nitrogen and oxygen atoms in total. The van der Waals surface area contributed by atoms with E-state index in [0.29, 0.717) is 24.0 Å². The van der Waals surface area contributed by atoms with Gasteiger partial charge in [0, 0.05) is 56.1 Å². The zero-order valence-electron chi connectivity index (χ0n) is 16.1. The van der Waals surface area contributed by atoms with Crippen molar-refractivity contribution < 1.29 is 0 Å². The molecular formula is C21H29N7. The van der Waals surface area contributed by atoms with Crippen LogP contribution in [0.15, 0.2) is 42.7 Å². The summed E-state index contributed by atoms with van der Waals surface area (Å²) in [6, 6.07) is 11.9. The van der Waals surface area contributed by atoms with Crippen molar-refractivity contribution in [2.24, 2.45) is 11.7 Å². The molecule has 5 rings (SSSR count). The van der Waals surface area contributed by atoms with Crippen molar-refractivity contribution in [3.63, 3.8) is 0 Å². The molecule has 7 heteroatoms. The van der Waals surface area contributed by atoms with E-state index >= 15 is 0 Å². The largest absolute Gasteiger partial charge is 0.356 e. The Morgan fingerprint density at radius 1 is 1.07 bits per heavy atom. The van der Waals surface area contributed by atoms with E-state index in [4.69, 9.17) is 10.7 Å². The van der Waals surface area contributed by atoms with Crippen LogP contribution in [-0.4, -0.2) is 41.7 Å². The summed E-state index contributed by atoms with van der Waals surface area (Å²) in [6.07, 6.45) is 6.95. The summed E-state index contributed by atoms with van der Waals surface area (Å²) >= 11 is 0. The molecule has 0 bridgehead atoms. The Bertz CT molecular complexity index is 790. The fraction of sp³-hybridized carbons (Fsp3) is 0.524. The van der Waals surface area contributed by atoms with Gasteiger partial charge in [0.15, 0.2) is 0 Å². The van der Waals surface area contributed by atoms with Crippen LogP contribution in [0.1, 0.15) is 42.6 Å². The first-order valence-corrected chi connectivity index (χ1v) is 10.4. The molecule has 3 aliphatic heterocycles. The summed E-state index contributed by atoms with van der Waals surface area (Å²) in [5.41, 5.74) is 15.5. The lowest BCUT2D eigenvalue weighted by Gasteiger charge is -2.34. The fourth-order valence-electron chi connectivity index (χ4n) is 4.82. The molecule has 4 atom stereocenters. The highest BCUT2D eigenvalue weighted by molar-refractivity contribution is 5.40. The number of pyridine rings is 2. The number of fused-ring (bicyclic) bond motifs is 1.